The van der Waals surface area contributed by atoms with Gasteiger partial charge in [-0.3, -0.25) is 4.98 Å². The SMILES string of the molecule is CC(C)CCCC(C)CCCC(C)(O)C(O)CN(C)c1cccnc1. The molecule has 0 saturated carbocycles. The van der Waals surface area contributed by atoms with Crippen LogP contribution in [0.5, 0.6) is 0 Å². The topological polar surface area (TPSA) is 56.6 Å². The molecule has 0 saturated heterocycles. The van der Waals surface area contributed by atoms with E-state index in [9.17, 15) is 10.2 Å². The first-order valence-corrected chi connectivity index (χ1v) is 9.74. The third-order valence-electron chi connectivity index (χ3n) is 5.11. The second kappa shape index (κ2) is 10.8. The summed E-state index contributed by atoms with van der Waals surface area (Å²) in [7, 11) is 1.91. The molecule has 0 spiro atoms. The fourth-order valence-corrected chi connectivity index (χ4v) is 3.13. The molecule has 0 aromatic carbocycles. The molecule has 1 aromatic heterocycles. The Labute approximate surface area is 154 Å². The third kappa shape index (κ3) is 8.68. The highest BCUT2D eigenvalue weighted by Crippen LogP contribution is 2.24. The van der Waals surface area contributed by atoms with E-state index in [1.807, 2.05) is 24.1 Å². The molecule has 0 amide bonds. The van der Waals surface area contributed by atoms with Crippen molar-refractivity contribution in [1.82, 2.24) is 4.98 Å². The Morgan fingerprint density at radius 1 is 1.16 bits per heavy atom. The van der Waals surface area contributed by atoms with Crippen LogP contribution in [0.2, 0.25) is 0 Å². The fraction of sp³-hybridized carbons (Fsp3) is 0.762. The van der Waals surface area contributed by atoms with E-state index in [-0.39, 0.29) is 0 Å². The Kier molecular flexibility index (Phi) is 9.44. The number of aliphatic hydroxyl groups excluding tert-OH is 1. The summed E-state index contributed by atoms with van der Waals surface area (Å²) in [4.78, 5) is 6.02. The molecular formula is C21H38N2O2. The van der Waals surface area contributed by atoms with Gasteiger partial charge in [-0.2, -0.15) is 0 Å². The largest absolute Gasteiger partial charge is 0.388 e. The van der Waals surface area contributed by atoms with Crippen LogP contribution < -0.4 is 4.90 Å². The zero-order valence-corrected chi connectivity index (χ0v) is 16.8. The van der Waals surface area contributed by atoms with Crippen LogP contribution >= 0.6 is 0 Å². The van der Waals surface area contributed by atoms with E-state index in [4.69, 9.17) is 0 Å². The minimum Gasteiger partial charge on any atom is -0.388 e. The van der Waals surface area contributed by atoms with E-state index in [0.717, 1.165) is 24.4 Å². The third-order valence-corrected chi connectivity index (χ3v) is 5.11. The van der Waals surface area contributed by atoms with Gasteiger partial charge >= 0.3 is 0 Å². The molecule has 1 rings (SSSR count). The van der Waals surface area contributed by atoms with Crippen molar-refractivity contribution in [2.45, 2.75) is 77.9 Å². The monoisotopic (exact) mass is 350 g/mol. The first kappa shape index (κ1) is 21.9. The Balaban J connectivity index is 2.33. The minimum absolute atomic E-state index is 0.392. The average Bonchev–Trinajstić information content (AvgIpc) is 2.55. The molecular weight excluding hydrogens is 312 g/mol. The molecule has 1 aromatic rings. The summed E-state index contributed by atoms with van der Waals surface area (Å²) in [6.07, 6.45) is 9.23. The molecule has 4 nitrogen and oxygen atoms in total. The molecule has 0 bridgehead atoms. The number of anilines is 1. The van der Waals surface area contributed by atoms with Crippen LogP contribution in [0.4, 0.5) is 5.69 Å². The van der Waals surface area contributed by atoms with Gasteiger partial charge in [-0.15, -0.1) is 0 Å². The van der Waals surface area contributed by atoms with Crippen molar-refractivity contribution in [2.24, 2.45) is 11.8 Å². The first-order chi connectivity index (χ1) is 11.7. The molecule has 0 radical (unpaired) electrons. The Hall–Kier alpha value is -1.13. The highest BCUT2D eigenvalue weighted by atomic mass is 16.3. The molecule has 3 atom stereocenters. The molecule has 0 fully saturated rings. The number of aromatic nitrogens is 1. The molecule has 1 heterocycles. The normalized spacial score (nSPS) is 16.5. The van der Waals surface area contributed by atoms with E-state index in [1.54, 1.807) is 19.3 Å². The van der Waals surface area contributed by atoms with Gasteiger partial charge in [0.05, 0.1) is 23.6 Å². The Bertz CT molecular complexity index is 462. The predicted octanol–water partition coefficient (Wildman–Crippen LogP) is 4.26. The van der Waals surface area contributed by atoms with Gasteiger partial charge in [-0.05, 0) is 37.3 Å². The van der Waals surface area contributed by atoms with Crippen molar-refractivity contribution >= 4 is 5.69 Å². The lowest BCUT2D eigenvalue weighted by Gasteiger charge is -2.33. The summed E-state index contributed by atoms with van der Waals surface area (Å²) in [6.45, 7) is 8.97. The number of pyridine rings is 1. The molecule has 0 aliphatic heterocycles. The van der Waals surface area contributed by atoms with Crippen molar-refractivity contribution in [3.8, 4) is 0 Å². The maximum Gasteiger partial charge on any atom is 0.0998 e. The summed E-state index contributed by atoms with van der Waals surface area (Å²) in [5.41, 5.74) is -0.121. The van der Waals surface area contributed by atoms with Gasteiger partial charge in [0.15, 0.2) is 0 Å². The summed E-state index contributed by atoms with van der Waals surface area (Å²) in [5.74, 6) is 1.46. The van der Waals surface area contributed by atoms with Gasteiger partial charge in [0.2, 0.25) is 0 Å². The maximum atomic E-state index is 10.6. The van der Waals surface area contributed by atoms with E-state index < -0.39 is 11.7 Å². The maximum absolute atomic E-state index is 10.6. The van der Waals surface area contributed by atoms with Crippen molar-refractivity contribution in [3.63, 3.8) is 0 Å². The standard InChI is InChI=1S/C21H38N2O2/c1-17(2)9-6-10-18(3)11-7-13-21(4,25)20(24)16-23(5)19-12-8-14-22-15-19/h8,12,14-15,17-18,20,24-25H,6-7,9-11,13,16H2,1-5H3. The summed E-state index contributed by atoms with van der Waals surface area (Å²) < 4.78 is 0. The number of aliphatic hydroxyl groups is 2. The fourth-order valence-electron chi connectivity index (χ4n) is 3.13. The minimum atomic E-state index is -1.06. The zero-order chi connectivity index (χ0) is 18.9. The van der Waals surface area contributed by atoms with Gasteiger partial charge in [0.1, 0.15) is 0 Å². The van der Waals surface area contributed by atoms with Crippen LogP contribution in [0.1, 0.15) is 66.2 Å². The lowest BCUT2D eigenvalue weighted by molar-refractivity contribution is -0.0638. The number of hydrogen-bond donors (Lipinski definition) is 2. The van der Waals surface area contributed by atoms with Crippen molar-refractivity contribution in [2.75, 3.05) is 18.5 Å². The second-order valence-electron chi connectivity index (χ2n) is 8.29. The van der Waals surface area contributed by atoms with E-state index in [1.165, 1.54) is 19.3 Å². The average molecular weight is 351 g/mol. The summed E-state index contributed by atoms with van der Waals surface area (Å²) in [5, 5.41) is 21.1. The first-order valence-electron chi connectivity index (χ1n) is 9.74. The molecule has 4 heteroatoms. The summed E-state index contributed by atoms with van der Waals surface area (Å²) in [6, 6.07) is 3.82. The number of nitrogens with zero attached hydrogens (tertiary/aromatic N) is 2. The van der Waals surface area contributed by atoms with Crippen LogP contribution in [-0.2, 0) is 0 Å². The molecule has 25 heavy (non-hydrogen) atoms. The molecule has 3 unspecified atom stereocenters. The molecule has 144 valence electrons. The molecule has 0 aliphatic rings. The lowest BCUT2D eigenvalue weighted by Crippen LogP contribution is -2.46. The van der Waals surface area contributed by atoms with Crippen molar-refractivity contribution in [1.29, 1.82) is 0 Å². The lowest BCUT2D eigenvalue weighted by atomic mass is 9.89. The van der Waals surface area contributed by atoms with Crippen LogP contribution in [0, 0.1) is 11.8 Å². The molecule has 0 aliphatic carbocycles. The van der Waals surface area contributed by atoms with E-state index >= 15 is 0 Å². The van der Waals surface area contributed by atoms with Crippen molar-refractivity contribution < 1.29 is 10.2 Å². The van der Waals surface area contributed by atoms with Gasteiger partial charge in [0, 0.05) is 19.8 Å². The number of rotatable bonds is 12. The zero-order valence-electron chi connectivity index (χ0n) is 16.8. The van der Waals surface area contributed by atoms with Gasteiger partial charge in [-0.25, -0.2) is 0 Å². The highest BCUT2D eigenvalue weighted by molar-refractivity contribution is 5.42. The quantitative estimate of drug-likeness (QED) is 0.591. The van der Waals surface area contributed by atoms with Gasteiger partial charge in [-0.1, -0.05) is 52.9 Å². The second-order valence-corrected chi connectivity index (χ2v) is 8.29. The van der Waals surface area contributed by atoms with E-state index in [0.29, 0.717) is 18.9 Å². The Morgan fingerprint density at radius 2 is 1.84 bits per heavy atom. The van der Waals surface area contributed by atoms with Crippen LogP contribution in [0.3, 0.4) is 0 Å². The molecule has 2 N–H and O–H groups in total. The van der Waals surface area contributed by atoms with Crippen LogP contribution in [0.25, 0.3) is 0 Å². The van der Waals surface area contributed by atoms with E-state index in [2.05, 4.69) is 25.8 Å². The number of likely N-dealkylation sites (N-methyl/N-ethyl adjacent to an activating group) is 1. The number of hydrogen-bond acceptors (Lipinski definition) is 4. The smallest absolute Gasteiger partial charge is 0.0998 e. The predicted molar refractivity (Wildman–Crippen MR) is 106 cm³/mol. The van der Waals surface area contributed by atoms with Crippen LogP contribution in [0.15, 0.2) is 24.5 Å². The van der Waals surface area contributed by atoms with Crippen LogP contribution in [-0.4, -0.2) is 40.5 Å². The van der Waals surface area contributed by atoms with Crippen molar-refractivity contribution in [3.05, 3.63) is 24.5 Å². The Morgan fingerprint density at radius 3 is 2.44 bits per heavy atom. The van der Waals surface area contributed by atoms with Gasteiger partial charge < -0.3 is 15.1 Å². The highest BCUT2D eigenvalue weighted by Gasteiger charge is 2.30. The van der Waals surface area contributed by atoms with Gasteiger partial charge in [0.25, 0.3) is 0 Å². The summed E-state index contributed by atoms with van der Waals surface area (Å²) >= 11 is 0.